The minimum absolute atomic E-state index is 0.0219. The van der Waals surface area contributed by atoms with Crippen LogP contribution in [-0.2, 0) is 9.53 Å². The van der Waals surface area contributed by atoms with Gasteiger partial charge in [0.2, 0.25) is 5.91 Å². The van der Waals surface area contributed by atoms with Crippen LogP contribution in [-0.4, -0.2) is 32.2 Å². The van der Waals surface area contributed by atoms with Crippen LogP contribution in [0.2, 0.25) is 0 Å². The Morgan fingerprint density at radius 3 is 2.71 bits per heavy atom. The van der Waals surface area contributed by atoms with Crippen molar-refractivity contribution in [2.75, 3.05) is 25.6 Å². The number of benzene rings is 1. The van der Waals surface area contributed by atoms with E-state index in [0.717, 1.165) is 12.2 Å². The van der Waals surface area contributed by atoms with Crippen molar-refractivity contribution in [3.05, 3.63) is 30.3 Å². The van der Waals surface area contributed by atoms with Crippen molar-refractivity contribution in [2.45, 2.75) is 19.4 Å². The number of amides is 1. The van der Waals surface area contributed by atoms with Gasteiger partial charge in [-0.2, -0.15) is 0 Å². The summed E-state index contributed by atoms with van der Waals surface area (Å²) in [6, 6.07) is 9.62. The predicted octanol–water partition coefficient (Wildman–Crippen LogP) is 1.64. The maximum Gasteiger partial charge on any atom is 0.225 e. The molecule has 0 saturated carbocycles. The molecule has 1 atom stereocenters. The Bertz CT molecular complexity index is 327. The molecule has 17 heavy (non-hydrogen) atoms. The quantitative estimate of drug-likeness (QED) is 0.708. The second kappa shape index (κ2) is 7.81. The highest BCUT2D eigenvalue weighted by molar-refractivity contribution is 5.90. The van der Waals surface area contributed by atoms with E-state index in [4.69, 9.17) is 4.74 Å². The first kappa shape index (κ1) is 13.7. The summed E-state index contributed by atoms with van der Waals surface area (Å²) in [7, 11) is 1.66. The van der Waals surface area contributed by atoms with Crippen LogP contribution in [0.4, 0.5) is 5.69 Å². The lowest BCUT2D eigenvalue weighted by molar-refractivity contribution is -0.116. The second-order valence-corrected chi connectivity index (χ2v) is 3.97. The molecule has 1 unspecified atom stereocenters. The SMILES string of the molecule is COCCNC(C)CC(=O)Nc1ccccc1. The highest BCUT2D eigenvalue weighted by Crippen LogP contribution is 2.05. The number of methoxy groups -OCH3 is 1. The fourth-order valence-electron chi connectivity index (χ4n) is 1.49. The Labute approximate surface area is 102 Å². The average molecular weight is 236 g/mol. The van der Waals surface area contributed by atoms with E-state index >= 15 is 0 Å². The first-order valence-corrected chi connectivity index (χ1v) is 5.79. The molecule has 0 bridgehead atoms. The van der Waals surface area contributed by atoms with Gasteiger partial charge in [-0.15, -0.1) is 0 Å². The molecule has 0 aliphatic carbocycles. The van der Waals surface area contributed by atoms with Crippen molar-refractivity contribution >= 4 is 11.6 Å². The Morgan fingerprint density at radius 2 is 2.06 bits per heavy atom. The van der Waals surface area contributed by atoms with Gasteiger partial charge in [0, 0.05) is 31.8 Å². The maximum atomic E-state index is 11.7. The summed E-state index contributed by atoms with van der Waals surface area (Å²) < 4.78 is 4.93. The number of ether oxygens (including phenoxy) is 1. The summed E-state index contributed by atoms with van der Waals surface area (Å²) >= 11 is 0. The molecule has 0 aliphatic heterocycles. The normalized spacial score (nSPS) is 12.1. The molecule has 2 N–H and O–H groups in total. The number of rotatable bonds is 7. The summed E-state index contributed by atoms with van der Waals surface area (Å²) in [5.74, 6) is 0.0219. The number of hydrogen-bond donors (Lipinski definition) is 2. The van der Waals surface area contributed by atoms with Crippen LogP contribution in [0.25, 0.3) is 0 Å². The van der Waals surface area contributed by atoms with E-state index in [1.54, 1.807) is 7.11 Å². The van der Waals surface area contributed by atoms with Crippen molar-refractivity contribution in [3.63, 3.8) is 0 Å². The molecular weight excluding hydrogens is 216 g/mol. The van der Waals surface area contributed by atoms with Gasteiger partial charge in [-0.05, 0) is 19.1 Å². The van der Waals surface area contributed by atoms with Gasteiger partial charge in [0.1, 0.15) is 0 Å². The maximum absolute atomic E-state index is 11.7. The molecule has 0 radical (unpaired) electrons. The zero-order valence-corrected chi connectivity index (χ0v) is 10.4. The highest BCUT2D eigenvalue weighted by atomic mass is 16.5. The molecule has 4 nitrogen and oxygen atoms in total. The average Bonchev–Trinajstić information content (AvgIpc) is 2.30. The van der Waals surface area contributed by atoms with Gasteiger partial charge in [0.15, 0.2) is 0 Å². The second-order valence-electron chi connectivity index (χ2n) is 3.97. The lowest BCUT2D eigenvalue weighted by Gasteiger charge is -2.13. The van der Waals surface area contributed by atoms with Crippen LogP contribution < -0.4 is 10.6 Å². The van der Waals surface area contributed by atoms with Gasteiger partial charge in [-0.1, -0.05) is 18.2 Å². The van der Waals surface area contributed by atoms with E-state index in [1.165, 1.54) is 0 Å². The minimum atomic E-state index is 0.0219. The number of carbonyl (C=O) groups excluding carboxylic acids is 1. The van der Waals surface area contributed by atoms with Crippen LogP contribution in [0.3, 0.4) is 0 Å². The molecule has 1 aromatic carbocycles. The van der Waals surface area contributed by atoms with Gasteiger partial charge in [-0.3, -0.25) is 4.79 Å². The smallest absolute Gasteiger partial charge is 0.225 e. The summed E-state index contributed by atoms with van der Waals surface area (Å²) in [5, 5.41) is 6.07. The van der Waals surface area contributed by atoms with Crippen molar-refractivity contribution in [3.8, 4) is 0 Å². The summed E-state index contributed by atoms with van der Waals surface area (Å²) in [6.07, 6.45) is 0.457. The molecule has 0 saturated heterocycles. The largest absolute Gasteiger partial charge is 0.383 e. The highest BCUT2D eigenvalue weighted by Gasteiger charge is 2.08. The molecule has 1 amide bonds. The van der Waals surface area contributed by atoms with Crippen LogP contribution in [0.1, 0.15) is 13.3 Å². The first-order valence-electron chi connectivity index (χ1n) is 5.79. The Balaban J connectivity index is 2.25. The Morgan fingerprint density at radius 1 is 1.35 bits per heavy atom. The third-order valence-electron chi connectivity index (χ3n) is 2.35. The third-order valence-corrected chi connectivity index (χ3v) is 2.35. The minimum Gasteiger partial charge on any atom is -0.383 e. The van der Waals surface area contributed by atoms with E-state index in [-0.39, 0.29) is 11.9 Å². The van der Waals surface area contributed by atoms with E-state index in [1.807, 2.05) is 37.3 Å². The number of para-hydroxylation sites is 1. The summed E-state index contributed by atoms with van der Waals surface area (Å²) in [6.45, 7) is 3.40. The first-order chi connectivity index (χ1) is 8.22. The molecule has 94 valence electrons. The fourth-order valence-corrected chi connectivity index (χ4v) is 1.49. The Kier molecular flexibility index (Phi) is 6.29. The molecular formula is C13H20N2O2. The topological polar surface area (TPSA) is 50.4 Å². The van der Waals surface area contributed by atoms with Crippen LogP contribution in [0.15, 0.2) is 30.3 Å². The Hall–Kier alpha value is -1.39. The van der Waals surface area contributed by atoms with Gasteiger partial charge < -0.3 is 15.4 Å². The zero-order valence-electron chi connectivity index (χ0n) is 10.4. The van der Waals surface area contributed by atoms with Gasteiger partial charge in [-0.25, -0.2) is 0 Å². The van der Waals surface area contributed by atoms with E-state index in [9.17, 15) is 4.79 Å². The van der Waals surface area contributed by atoms with Crippen molar-refractivity contribution in [1.29, 1.82) is 0 Å². The zero-order chi connectivity index (χ0) is 12.5. The van der Waals surface area contributed by atoms with Gasteiger partial charge in [0.25, 0.3) is 0 Å². The number of anilines is 1. The van der Waals surface area contributed by atoms with E-state index in [2.05, 4.69) is 10.6 Å². The predicted molar refractivity (Wildman–Crippen MR) is 69.0 cm³/mol. The summed E-state index contributed by atoms with van der Waals surface area (Å²) in [4.78, 5) is 11.7. The standard InChI is InChI=1S/C13H20N2O2/c1-11(14-8-9-17-2)10-13(16)15-12-6-4-3-5-7-12/h3-7,11,14H,8-10H2,1-2H3,(H,15,16). The molecule has 0 aliphatic rings. The van der Waals surface area contributed by atoms with Crippen molar-refractivity contribution < 1.29 is 9.53 Å². The van der Waals surface area contributed by atoms with Crippen LogP contribution in [0.5, 0.6) is 0 Å². The molecule has 4 heteroatoms. The lowest BCUT2D eigenvalue weighted by Crippen LogP contribution is -2.32. The van der Waals surface area contributed by atoms with Gasteiger partial charge >= 0.3 is 0 Å². The number of hydrogen-bond acceptors (Lipinski definition) is 3. The van der Waals surface area contributed by atoms with Crippen LogP contribution >= 0.6 is 0 Å². The fraction of sp³-hybridized carbons (Fsp3) is 0.462. The van der Waals surface area contributed by atoms with Gasteiger partial charge in [0.05, 0.1) is 6.61 Å². The monoisotopic (exact) mass is 236 g/mol. The third kappa shape index (κ3) is 6.04. The van der Waals surface area contributed by atoms with Crippen molar-refractivity contribution in [2.24, 2.45) is 0 Å². The van der Waals surface area contributed by atoms with Crippen molar-refractivity contribution in [1.82, 2.24) is 5.32 Å². The lowest BCUT2D eigenvalue weighted by atomic mass is 10.2. The molecule has 0 aromatic heterocycles. The van der Waals surface area contributed by atoms with E-state index in [0.29, 0.717) is 13.0 Å². The molecule has 0 fully saturated rings. The number of carbonyl (C=O) groups is 1. The number of nitrogens with one attached hydrogen (secondary N) is 2. The summed E-state index contributed by atoms with van der Waals surface area (Å²) in [5.41, 5.74) is 0.835. The van der Waals surface area contributed by atoms with E-state index < -0.39 is 0 Å². The molecule has 0 spiro atoms. The molecule has 0 heterocycles. The molecule has 1 aromatic rings. The van der Waals surface area contributed by atoms with Crippen LogP contribution in [0, 0.1) is 0 Å². The molecule has 1 rings (SSSR count).